The highest BCUT2D eigenvalue weighted by molar-refractivity contribution is 5.53. The third-order valence-corrected chi connectivity index (χ3v) is 5.77. The summed E-state index contributed by atoms with van der Waals surface area (Å²) in [6.45, 7) is 12.1. The molecule has 2 rings (SSSR count). The van der Waals surface area contributed by atoms with Gasteiger partial charge in [0.05, 0.1) is 6.61 Å². The van der Waals surface area contributed by atoms with Crippen molar-refractivity contribution in [2.24, 2.45) is 5.92 Å². The summed E-state index contributed by atoms with van der Waals surface area (Å²) in [5, 5.41) is 31.1. The predicted octanol–water partition coefficient (Wildman–Crippen LogP) is 5.38. The molecule has 0 saturated heterocycles. The van der Waals surface area contributed by atoms with Crippen molar-refractivity contribution in [3.63, 3.8) is 0 Å². The highest BCUT2D eigenvalue weighted by Gasteiger charge is 2.31. The van der Waals surface area contributed by atoms with E-state index < -0.39 is 5.09 Å². The first-order chi connectivity index (χ1) is 13.0. The molecule has 0 aliphatic heterocycles. The van der Waals surface area contributed by atoms with Gasteiger partial charge in [0.1, 0.15) is 11.5 Å². The zero-order chi connectivity index (χ0) is 21.1. The Balaban J connectivity index is 2.30. The first-order valence-corrected chi connectivity index (χ1v) is 9.69. The lowest BCUT2D eigenvalue weighted by Crippen LogP contribution is -2.20. The average Bonchev–Trinajstić information content (AvgIpc) is 2.57. The largest absolute Gasteiger partial charge is 0.507 e. The molecule has 0 bridgehead atoms. The molecule has 2 N–H and O–H groups in total. The van der Waals surface area contributed by atoms with Crippen LogP contribution in [0.2, 0.25) is 0 Å². The number of aromatic hydroxyl groups is 2. The summed E-state index contributed by atoms with van der Waals surface area (Å²) < 4.78 is 0. The van der Waals surface area contributed by atoms with Crippen LogP contribution in [0.4, 0.5) is 0 Å². The second kappa shape index (κ2) is 8.67. The van der Waals surface area contributed by atoms with Crippen LogP contribution in [-0.4, -0.2) is 21.9 Å². The molecule has 0 aromatic heterocycles. The maximum absolute atomic E-state index is 10.8. The fourth-order valence-electron chi connectivity index (χ4n) is 4.06. The molecule has 6 nitrogen and oxygen atoms in total. The van der Waals surface area contributed by atoms with Crippen LogP contribution in [0.25, 0.3) is 0 Å². The van der Waals surface area contributed by atoms with E-state index in [1.807, 2.05) is 20.8 Å². The van der Waals surface area contributed by atoms with Gasteiger partial charge < -0.3 is 15.1 Å². The van der Waals surface area contributed by atoms with Crippen molar-refractivity contribution < 1.29 is 20.1 Å². The molecule has 2 atom stereocenters. The molecular weight excluding hydrogens is 358 g/mol. The van der Waals surface area contributed by atoms with E-state index in [1.165, 1.54) is 5.57 Å². The molecule has 0 radical (unpaired) electrons. The van der Waals surface area contributed by atoms with Gasteiger partial charge in [-0.05, 0) is 68.6 Å². The van der Waals surface area contributed by atoms with E-state index in [0.29, 0.717) is 18.4 Å². The molecule has 0 heterocycles. The highest BCUT2D eigenvalue weighted by Crippen LogP contribution is 2.47. The van der Waals surface area contributed by atoms with Gasteiger partial charge in [0, 0.05) is 11.5 Å². The average molecular weight is 389 g/mol. The van der Waals surface area contributed by atoms with Gasteiger partial charge in [-0.2, -0.15) is 0 Å². The predicted molar refractivity (Wildman–Crippen MR) is 109 cm³/mol. The molecule has 1 aliphatic rings. The Morgan fingerprint density at radius 1 is 1.36 bits per heavy atom. The van der Waals surface area contributed by atoms with Crippen LogP contribution >= 0.6 is 0 Å². The minimum absolute atomic E-state index is 0.0267. The van der Waals surface area contributed by atoms with Crippen molar-refractivity contribution >= 4 is 0 Å². The van der Waals surface area contributed by atoms with Crippen LogP contribution in [0.5, 0.6) is 11.5 Å². The quantitative estimate of drug-likeness (QED) is 0.269. The van der Waals surface area contributed by atoms with Crippen LogP contribution < -0.4 is 0 Å². The van der Waals surface area contributed by atoms with E-state index in [-0.39, 0.29) is 35.4 Å². The van der Waals surface area contributed by atoms with Crippen molar-refractivity contribution in [2.75, 3.05) is 6.61 Å². The fraction of sp³-hybridized carbons (Fsp3) is 0.545. The van der Waals surface area contributed by atoms with Gasteiger partial charge in [-0.15, -0.1) is 10.1 Å². The summed E-state index contributed by atoms with van der Waals surface area (Å²) >= 11 is 0. The van der Waals surface area contributed by atoms with Crippen molar-refractivity contribution in [3.8, 4) is 11.5 Å². The molecule has 6 heteroatoms. The summed E-state index contributed by atoms with van der Waals surface area (Å²) in [6.07, 6.45) is 5.19. The zero-order valence-corrected chi connectivity index (χ0v) is 17.2. The van der Waals surface area contributed by atoms with Gasteiger partial charge in [0.2, 0.25) is 0 Å². The summed E-state index contributed by atoms with van der Waals surface area (Å²) in [7, 11) is 0. The van der Waals surface area contributed by atoms with Crippen molar-refractivity contribution in [1.29, 1.82) is 0 Å². The van der Waals surface area contributed by atoms with Gasteiger partial charge >= 0.3 is 0 Å². The SMILES string of the molecule is C=C(C)[C@@H]1CCC(C)=C[C@H]1c1c(O)cc(C(C)(C)CCCO[N+](=O)[O-])cc1O. The summed E-state index contributed by atoms with van der Waals surface area (Å²) in [6, 6.07) is 3.41. The van der Waals surface area contributed by atoms with Gasteiger partial charge in [0.25, 0.3) is 5.09 Å². The van der Waals surface area contributed by atoms with E-state index in [4.69, 9.17) is 0 Å². The second-order valence-electron chi connectivity index (χ2n) is 8.50. The van der Waals surface area contributed by atoms with E-state index in [0.717, 1.165) is 24.0 Å². The number of rotatable bonds is 8. The summed E-state index contributed by atoms with van der Waals surface area (Å²) in [4.78, 5) is 14.6. The summed E-state index contributed by atoms with van der Waals surface area (Å²) in [5.41, 5.74) is 3.25. The van der Waals surface area contributed by atoms with Gasteiger partial charge in [-0.1, -0.05) is 37.6 Å². The summed E-state index contributed by atoms with van der Waals surface area (Å²) in [5.74, 6) is 0.231. The lowest BCUT2D eigenvalue weighted by molar-refractivity contribution is -0.757. The standard InChI is InChI=1S/C22H31NO5/c1-14(2)17-8-7-15(3)11-18(17)21-19(24)12-16(13-20(21)25)22(4,5)9-6-10-28-23(26)27/h11-13,17-18,24-25H,1,6-10H2,2-5H3/t17-,18+/m0/s1. The Labute approximate surface area is 166 Å². The maximum Gasteiger partial charge on any atom is 0.294 e. The molecule has 0 unspecified atom stereocenters. The van der Waals surface area contributed by atoms with Gasteiger partial charge in [-0.25, -0.2) is 0 Å². The lowest BCUT2D eigenvalue weighted by atomic mass is 9.72. The molecule has 28 heavy (non-hydrogen) atoms. The molecule has 0 saturated carbocycles. The van der Waals surface area contributed by atoms with Crippen LogP contribution in [-0.2, 0) is 10.3 Å². The molecule has 0 amide bonds. The second-order valence-corrected chi connectivity index (χ2v) is 8.50. The normalized spacial score (nSPS) is 19.8. The first-order valence-electron chi connectivity index (χ1n) is 9.69. The Bertz CT molecular complexity index is 758. The monoisotopic (exact) mass is 389 g/mol. The van der Waals surface area contributed by atoms with E-state index in [1.54, 1.807) is 12.1 Å². The molecule has 0 spiro atoms. The number of benzene rings is 1. The number of hydrogen-bond acceptors (Lipinski definition) is 5. The van der Waals surface area contributed by atoms with E-state index >= 15 is 0 Å². The van der Waals surface area contributed by atoms with Crippen LogP contribution in [0, 0.1) is 16.0 Å². The van der Waals surface area contributed by atoms with Crippen LogP contribution in [0.3, 0.4) is 0 Å². The van der Waals surface area contributed by atoms with Gasteiger partial charge in [0.15, 0.2) is 0 Å². The third-order valence-electron chi connectivity index (χ3n) is 5.77. The molecule has 154 valence electrons. The van der Waals surface area contributed by atoms with Crippen LogP contribution in [0.1, 0.15) is 70.4 Å². The maximum atomic E-state index is 10.8. The van der Waals surface area contributed by atoms with Crippen molar-refractivity contribution in [2.45, 2.75) is 64.7 Å². The van der Waals surface area contributed by atoms with Crippen molar-refractivity contribution in [1.82, 2.24) is 0 Å². The smallest absolute Gasteiger partial charge is 0.294 e. The Morgan fingerprint density at radius 3 is 2.50 bits per heavy atom. The topological polar surface area (TPSA) is 92.8 Å². The first kappa shape index (κ1) is 21.8. The molecule has 1 aromatic carbocycles. The van der Waals surface area contributed by atoms with Crippen LogP contribution in [0.15, 0.2) is 35.9 Å². The molecule has 0 fully saturated rings. The third kappa shape index (κ3) is 5.06. The highest BCUT2D eigenvalue weighted by atomic mass is 16.9. The zero-order valence-electron chi connectivity index (χ0n) is 17.2. The lowest BCUT2D eigenvalue weighted by Gasteiger charge is -2.32. The fourth-order valence-corrected chi connectivity index (χ4v) is 4.06. The minimum atomic E-state index is -0.795. The molecular formula is C22H31NO5. The number of hydrogen-bond donors (Lipinski definition) is 2. The molecule has 1 aliphatic carbocycles. The minimum Gasteiger partial charge on any atom is -0.507 e. The Kier molecular flexibility index (Phi) is 6.75. The van der Waals surface area contributed by atoms with Crippen molar-refractivity contribution in [3.05, 3.63) is 57.2 Å². The van der Waals surface area contributed by atoms with E-state index in [9.17, 15) is 20.3 Å². The number of phenols is 2. The number of nitrogens with zero attached hydrogens (tertiary/aromatic N) is 1. The number of allylic oxidation sites excluding steroid dienone is 3. The van der Waals surface area contributed by atoms with E-state index in [2.05, 4.69) is 24.4 Å². The van der Waals surface area contributed by atoms with Gasteiger partial charge in [-0.3, -0.25) is 0 Å². The Morgan fingerprint density at radius 2 is 1.96 bits per heavy atom. The Hall–Kier alpha value is -2.50. The number of phenolic OH excluding ortho intramolecular Hbond substituents is 2. The molecule has 1 aromatic rings.